The van der Waals surface area contributed by atoms with E-state index >= 15 is 0 Å². The maximum atomic E-state index is 12.7. The van der Waals surface area contributed by atoms with Gasteiger partial charge in [0.05, 0.1) is 20.3 Å². The van der Waals surface area contributed by atoms with Crippen LogP contribution in [0.15, 0.2) is 18.2 Å². The highest BCUT2D eigenvalue weighted by molar-refractivity contribution is 6.07. The zero-order valence-corrected chi connectivity index (χ0v) is 13.4. The molecule has 1 unspecified atom stereocenters. The Hall–Kier alpha value is -2.75. The van der Waals surface area contributed by atoms with E-state index in [2.05, 4.69) is 5.32 Å². The molecule has 1 N–H and O–H groups in total. The molecule has 7 heteroatoms. The van der Waals surface area contributed by atoms with Gasteiger partial charge in [0.1, 0.15) is 5.54 Å². The Balaban J connectivity index is 2.30. The van der Waals surface area contributed by atoms with Gasteiger partial charge in [-0.3, -0.25) is 9.69 Å². The summed E-state index contributed by atoms with van der Waals surface area (Å²) < 4.78 is 10.4. The van der Waals surface area contributed by atoms with Crippen LogP contribution in [0, 0.1) is 11.3 Å². The lowest BCUT2D eigenvalue weighted by atomic mass is 9.91. The molecular formula is C16H19N3O4. The Kier molecular flexibility index (Phi) is 4.74. The van der Waals surface area contributed by atoms with Gasteiger partial charge >= 0.3 is 6.03 Å². The highest BCUT2D eigenvalue weighted by Crippen LogP contribution is 2.35. The second-order valence-electron chi connectivity index (χ2n) is 5.34. The first kappa shape index (κ1) is 16.6. The number of imide groups is 1. The summed E-state index contributed by atoms with van der Waals surface area (Å²) in [6, 6.07) is 6.64. The van der Waals surface area contributed by atoms with E-state index in [0.29, 0.717) is 29.9 Å². The third-order valence-corrected chi connectivity index (χ3v) is 3.91. The van der Waals surface area contributed by atoms with E-state index in [1.807, 2.05) is 6.07 Å². The number of nitrogens with one attached hydrogen (secondary N) is 1. The van der Waals surface area contributed by atoms with Crippen LogP contribution in [0.4, 0.5) is 4.79 Å². The van der Waals surface area contributed by atoms with Gasteiger partial charge in [-0.25, -0.2) is 4.79 Å². The fourth-order valence-corrected chi connectivity index (χ4v) is 2.56. The van der Waals surface area contributed by atoms with Crippen LogP contribution in [0.3, 0.4) is 0 Å². The topological polar surface area (TPSA) is 91.7 Å². The summed E-state index contributed by atoms with van der Waals surface area (Å²) in [5.74, 6) is 0.686. The molecule has 1 saturated heterocycles. The Bertz CT molecular complexity index is 668. The number of amides is 3. The van der Waals surface area contributed by atoms with Crippen LogP contribution in [-0.4, -0.2) is 37.6 Å². The number of hydrogen-bond donors (Lipinski definition) is 1. The normalized spacial score (nSPS) is 20.2. The SMILES string of the molecule is COc1ccc(C2(C)NC(=O)N(CCCC#N)C2=O)cc1OC. The molecule has 1 atom stereocenters. The first-order chi connectivity index (χ1) is 11.0. The Morgan fingerprint density at radius 1 is 1.26 bits per heavy atom. The molecule has 23 heavy (non-hydrogen) atoms. The number of benzene rings is 1. The van der Waals surface area contributed by atoms with Gasteiger partial charge in [0.15, 0.2) is 11.5 Å². The molecule has 122 valence electrons. The van der Waals surface area contributed by atoms with Crippen molar-refractivity contribution < 1.29 is 19.1 Å². The highest BCUT2D eigenvalue weighted by Gasteiger charge is 2.48. The summed E-state index contributed by atoms with van der Waals surface area (Å²) in [5.41, 5.74) is -0.556. The molecule has 1 fully saturated rings. The van der Waals surface area contributed by atoms with E-state index in [1.165, 1.54) is 14.2 Å². The summed E-state index contributed by atoms with van der Waals surface area (Å²) in [4.78, 5) is 25.9. The van der Waals surface area contributed by atoms with E-state index in [9.17, 15) is 9.59 Å². The minimum absolute atomic E-state index is 0.223. The number of nitrogens with zero attached hydrogens (tertiary/aromatic N) is 2. The Labute approximate surface area is 134 Å². The molecule has 0 bridgehead atoms. The van der Waals surface area contributed by atoms with E-state index in [-0.39, 0.29) is 12.5 Å². The van der Waals surface area contributed by atoms with Gasteiger partial charge in [-0.1, -0.05) is 6.07 Å². The van der Waals surface area contributed by atoms with Gasteiger partial charge in [-0.2, -0.15) is 5.26 Å². The molecule has 1 heterocycles. The fourth-order valence-electron chi connectivity index (χ4n) is 2.56. The zero-order chi connectivity index (χ0) is 17.0. The van der Waals surface area contributed by atoms with Gasteiger partial charge in [0, 0.05) is 13.0 Å². The lowest BCUT2D eigenvalue weighted by Crippen LogP contribution is -2.41. The third-order valence-electron chi connectivity index (χ3n) is 3.91. The molecule has 0 radical (unpaired) electrons. The number of unbranched alkanes of at least 4 members (excludes halogenated alkanes) is 1. The molecule has 1 aromatic rings. The monoisotopic (exact) mass is 317 g/mol. The minimum Gasteiger partial charge on any atom is -0.493 e. The van der Waals surface area contributed by atoms with Crippen LogP contribution in [0.1, 0.15) is 25.3 Å². The predicted octanol–water partition coefficient (Wildman–Crippen LogP) is 1.77. The summed E-state index contributed by atoms with van der Waals surface area (Å²) in [6.45, 7) is 1.87. The first-order valence-electron chi connectivity index (χ1n) is 7.21. The number of hydrogen-bond acceptors (Lipinski definition) is 5. The molecule has 0 aromatic heterocycles. The van der Waals surface area contributed by atoms with Gasteiger partial charge in [-0.05, 0) is 31.0 Å². The van der Waals surface area contributed by atoms with Crippen LogP contribution in [0.5, 0.6) is 11.5 Å². The predicted molar refractivity (Wildman–Crippen MR) is 82.0 cm³/mol. The van der Waals surface area contributed by atoms with Crippen molar-refractivity contribution >= 4 is 11.9 Å². The number of nitriles is 1. The van der Waals surface area contributed by atoms with E-state index in [1.54, 1.807) is 25.1 Å². The number of methoxy groups -OCH3 is 2. The van der Waals surface area contributed by atoms with Gasteiger partial charge in [0.25, 0.3) is 5.91 Å². The van der Waals surface area contributed by atoms with Crippen molar-refractivity contribution in [2.24, 2.45) is 0 Å². The molecule has 0 saturated carbocycles. The summed E-state index contributed by atoms with van der Waals surface area (Å²) in [7, 11) is 3.03. The molecule has 3 amide bonds. The lowest BCUT2D eigenvalue weighted by Gasteiger charge is -2.23. The standard InChI is InChI=1S/C16H19N3O4/c1-16(11-6-7-12(22-2)13(10-11)23-3)14(20)19(15(21)18-16)9-5-4-8-17/h6-7,10H,4-5,9H2,1-3H3,(H,18,21). The molecule has 1 aromatic carbocycles. The average Bonchev–Trinajstić information content (AvgIpc) is 2.78. The van der Waals surface area contributed by atoms with Crippen molar-refractivity contribution in [3.05, 3.63) is 23.8 Å². The summed E-state index contributed by atoms with van der Waals surface area (Å²) in [5, 5.41) is 11.3. The van der Waals surface area contributed by atoms with Crippen molar-refractivity contribution in [1.29, 1.82) is 5.26 Å². The highest BCUT2D eigenvalue weighted by atomic mass is 16.5. The Morgan fingerprint density at radius 2 is 1.96 bits per heavy atom. The summed E-state index contributed by atoms with van der Waals surface area (Å²) in [6.07, 6.45) is 0.752. The molecule has 7 nitrogen and oxygen atoms in total. The minimum atomic E-state index is -1.16. The van der Waals surface area contributed by atoms with Gasteiger partial charge in [0.2, 0.25) is 0 Å². The largest absolute Gasteiger partial charge is 0.493 e. The number of urea groups is 1. The maximum Gasteiger partial charge on any atom is 0.325 e. The van der Waals surface area contributed by atoms with Gasteiger partial charge < -0.3 is 14.8 Å². The van der Waals surface area contributed by atoms with Gasteiger partial charge in [-0.15, -0.1) is 0 Å². The van der Waals surface area contributed by atoms with Crippen molar-refractivity contribution in [1.82, 2.24) is 10.2 Å². The van der Waals surface area contributed by atoms with Crippen LogP contribution < -0.4 is 14.8 Å². The average molecular weight is 317 g/mol. The van der Waals surface area contributed by atoms with E-state index < -0.39 is 11.6 Å². The number of carbonyl (C=O) groups excluding carboxylic acids is 2. The van der Waals surface area contributed by atoms with Crippen LogP contribution >= 0.6 is 0 Å². The second-order valence-corrected chi connectivity index (χ2v) is 5.34. The van der Waals surface area contributed by atoms with Crippen LogP contribution in [0.25, 0.3) is 0 Å². The number of rotatable bonds is 6. The molecule has 0 aliphatic carbocycles. The molecule has 0 spiro atoms. The molecule has 2 rings (SSSR count). The second kappa shape index (κ2) is 6.57. The summed E-state index contributed by atoms with van der Waals surface area (Å²) >= 11 is 0. The number of carbonyl (C=O) groups is 2. The zero-order valence-electron chi connectivity index (χ0n) is 13.4. The molecule has 1 aliphatic rings. The third kappa shape index (κ3) is 2.93. The quantitative estimate of drug-likeness (QED) is 0.638. The Morgan fingerprint density at radius 3 is 2.57 bits per heavy atom. The number of ether oxygens (including phenoxy) is 2. The van der Waals surface area contributed by atoms with Crippen molar-refractivity contribution in [2.45, 2.75) is 25.3 Å². The van der Waals surface area contributed by atoms with Crippen molar-refractivity contribution in [3.63, 3.8) is 0 Å². The van der Waals surface area contributed by atoms with Crippen molar-refractivity contribution in [2.75, 3.05) is 20.8 Å². The maximum absolute atomic E-state index is 12.7. The molecular weight excluding hydrogens is 298 g/mol. The van der Waals surface area contributed by atoms with Crippen LogP contribution in [0.2, 0.25) is 0 Å². The smallest absolute Gasteiger partial charge is 0.325 e. The van der Waals surface area contributed by atoms with Crippen molar-refractivity contribution in [3.8, 4) is 17.6 Å². The van der Waals surface area contributed by atoms with E-state index in [0.717, 1.165) is 4.90 Å². The van der Waals surface area contributed by atoms with E-state index in [4.69, 9.17) is 14.7 Å². The molecule has 1 aliphatic heterocycles. The first-order valence-corrected chi connectivity index (χ1v) is 7.21. The lowest BCUT2D eigenvalue weighted by molar-refractivity contribution is -0.131. The van der Waals surface area contributed by atoms with Crippen LogP contribution in [-0.2, 0) is 10.3 Å². The fraction of sp³-hybridized carbons (Fsp3) is 0.438.